The van der Waals surface area contributed by atoms with Gasteiger partial charge in [0.25, 0.3) is 0 Å². The molecule has 2 aliphatic rings. The van der Waals surface area contributed by atoms with E-state index >= 15 is 0 Å². The van der Waals surface area contributed by atoms with Crippen LogP contribution in [0.1, 0.15) is 19.8 Å². The lowest BCUT2D eigenvalue weighted by atomic mass is 9.81. The third kappa shape index (κ3) is 1.23. The number of rotatable bonds is 1. The van der Waals surface area contributed by atoms with E-state index in [9.17, 15) is 4.79 Å². The summed E-state index contributed by atoms with van der Waals surface area (Å²) in [5.41, 5.74) is 0. The fourth-order valence-electron chi connectivity index (χ4n) is 2.08. The maximum atomic E-state index is 10.6. The summed E-state index contributed by atoms with van der Waals surface area (Å²) in [5, 5.41) is 12.0. The minimum Gasteiger partial charge on any atom is -0.480 e. The minimum atomic E-state index is -0.709. The van der Waals surface area contributed by atoms with Gasteiger partial charge in [-0.25, -0.2) is 0 Å². The maximum Gasteiger partial charge on any atom is 0.321 e. The van der Waals surface area contributed by atoms with Crippen molar-refractivity contribution in [2.24, 2.45) is 5.92 Å². The van der Waals surface area contributed by atoms with Gasteiger partial charge in [0.15, 0.2) is 0 Å². The number of hydrogen-bond acceptors (Lipinski definition) is 3. The maximum absolute atomic E-state index is 10.6. The lowest BCUT2D eigenvalue weighted by Crippen LogP contribution is -2.52. The zero-order chi connectivity index (χ0) is 8.77. The zero-order valence-corrected chi connectivity index (χ0v) is 7.86. The van der Waals surface area contributed by atoms with Gasteiger partial charge in [-0.1, -0.05) is 6.92 Å². The van der Waals surface area contributed by atoms with Crippen molar-refractivity contribution in [3.05, 3.63) is 0 Å². The molecule has 0 unspecified atom stereocenters. The first-order chi connectivity index (χ1) is 5.61. The second kappa shape index (κ2) is 2.64. The monoisotopic (exact) mass is 187 g/mol. The molecule has 2 N–H and O–H groups in total. The molecule has 0 aromatic rings. The lowest BCUT2D eigenvalue weighted by molar-refractivity contribution is -0.139. The van der Waals surface area contributed by atoms with E-state index in [2.05, 4.69) is 12.2 Å². The molecule has 68 valence electrons. The first kappa shape index (κ1) is 8.38. The van der Waals surface area contributed by atoms with Crippen molar-refractivity contribution in [3.8, 4) is 0 Å². The number of carboxylic acids is 1. The summed E-state index contributed by atoms with van der Waals surface area (Å²) < 4.78 is 0. The van der Waals surface area contributed by atoms with E-state index in [0.29, 0.717) is 0 Å². The lowest BCUT2D eigenvalue weighted by Gasteiger charge is -2.43. The van der Waals surface area contributed by atoms with Gasteiger partial charge < -0.3 is 5.11 Å². The molecule has 2 fully saturated rings. The van der Waals surface area contributed by atoms with E-state index < -0.39 is 5.97 Å². The molecule has 0 aromatic heterocycles. The third-order valence-electron chi connectivity index (χ3n) is 2.62. The summed E-state index contributed by atoms with van der Waals surface area (Å²) in [6.07, 6.45) is 2.25. The number of hydrogen-bond donors (Lipinski definition) is 2. The molecule has 0 amide bonds. The molecule has 1 saturated heterocycles. The molecule has 3 nitrogen and oxygen atoms in total. The number of carbonyl (C=O) groups is 1. The van der Waals surface area contributed by atoms with Crippen LogP contribution in [0.5, 0.6) is 0 Å². The number of aliphatic carboxylic acids is 1. The van der Waals surface area contributed by atoms with Gasteiger partial charge in [0.2, 0.25) is 0 Å². The highest BCUT2D eigenvalue weighted by Gasteiger charge is 2.49. The zero-order valence-electron chi connectivity index (χ0n) is 7.04. The van der Waals surface area contributed by atoms with Crippen LogP contribution in [0.15, 0.2) is 0 Å². The molecule has 2 rings (SSSR count). The van der Waals surface area contributed by atoms with Crippen LogP contribution in [0.4, 0.5) is 0 Å². The van der Waals surface area contributed by atoms with E-state index in [-0.39, 0.29) is 10.9 Å². The Morgan fingerprint density at radius 3 is 2.75 bits per heavy atom. The SMILES string of the molecule is CC1CC2(C1)N[C@@H](C(=O)O)CS2. The Morgan fingerprint density at radius 2 is 2.33 bits per heavy atom. The van der Waals surface area contributed by atoms with Crippen LogP contribution >= 0.6 is 11.8 Å². The largest absolute Gasteiger partial charge is 0.480 e. The molecular formula is C8H13NO2S. The fourth-order valence-corrected chi connectivity index (χ4v) is 3.82. The Morgan fingerprint density at radius 1 is 1.67 bits per heavy atom. The highest BCUT2D eigenvalue weighted by Crippen LogP contribution is 2.49. The molecule has 1 saturated carbocycles. The molecule has 0 aromatic carbocycles. The van der Waals surface area contributed by atoms with Crippen LogP contribution in [0, 0.1) is 5.92 Å². The smallest absolute Gasteiger partial charge is 0.321 e. The van der Waals surface area contributed by atoms with Gasteiger partial charge in [-0.15, -0.1) is 11.8 Å². The average Bonchev–Trinajstić information content (AvgIpc) is 2.31. The summed E-state index contributed by atoms with van der Waals surface area (Å²) >= 11 is 1.78. The van der Waals surface area contributed by atoms with Crippen molar-refractivity contribution < 1.29 is 9.90 Å². The predicted octanol–water partition coefficient (Wildman–Crippen LogP) is 0.902. The molecule has 0 bridgehead atoms. The van der Waals surface area contributed by atoms with E-state index in [1.807, 2.05) is 0 Å². The van der Waals surface area contributed by atoms with Crippen molar-refractivity contribution in [1.29, 1.82) is 0 Å². The van der Waals surface area contributed by atoms with Crippen molar-refractivity contribution in [3.63, 3.8) is 0 Å². The summed E-state index contributed by atoms with van der Waals surface area (Å²) in [7, 11) is 0. The molecule has 1 aliphatic heterocycles. The predicted molar refractivity (Wildman–Crippen MR) is 48.1 cm³/mol. The highest BCUT2D eigenvalue weighted by atomic mass is 32.2. The van der Waals surface area contributed by atoms with Gasteiger partial charge in [-0.05, 0) is 18.8 Å². The number of nitrogens with one attached hydrogen (secondary N) is 1. The summed E-state index contributed by atoms with van der Waals surface area (Å²) in [5.74, 6) is 0.777. The Hall–Kier alpha value is -0.220. The Kier molecular flexibility index (Phi) is 1.84. The molecule has 0 radical (unpaired) electrons. The van der Waals surface area contributed by atoms with E-state index in [4.69, 9.17) is 5.11 Å². The first-order valence-electron chi connectivity index (χ1n) is 4.26. The van der Waals surface area contributed by atoms with Gasteiger partial charge in [0, 0.05) is 5.75 Å². The van der Waals surface area contributed by atoms with Crippen molar-refractivity contribution in [1.82, 2.24) is 5.32 Å². The van der Waals surface area contributed by atoms with Gasteiger partial charge >= 0.3 is 5.97 Å². The normalized spacial score (nSPS) is 46.1. The van der Waals surface area contributed by atoms with Crippen molar-refractivity contribution in [2.75, 3.05) is 5.75 Å². The van der Waals surface area contributed by atoms with Gasteiger partial charge in [-0.3, -0.25) is 10.1 Å². The summed E-state index contributed by atoms with van der Waals surface area (Å²) in [6.45, 7) is 2.21. The summed E-state index contributed by atoms with van der Waals surface area (Å²) in [6, 6.07) is -0.317. The standard InChI is InChI=1S/C8H13NO2S/c1-5-2-8(3-5)9-6(4-12-8)7(10)11/h5-6,9H,2-4H2,1H3,(H,10,11)/t5?,6-,8?/m1/s1. The second-order valence-corrected chi connectivity index (χ2v) is 5.26. The molecule has 4 heteroatoms. The first-order valence-corrected chi connectivity index (χ1v) is 5.24. The Bertz CT molecular complexity index is 213. The van der Waals surface area contributed by atoms with Crippen LogP contribution in [-0.2, 0) is 4.79 Å². The molecule has 1 aliphatic carbocycles. The van der Waals surface area contributed by atoms with E-state index in [1.54, 1.807) is 11.8 Å². The van der Waals surface area contributed by atoms with Crippen LogP contribution in [0.2, 0.25) is 0 Å². The second-order valence-electron chi connectivity index (χ2n) is 3.85. The van der Waals surface area contributed by atoms with Crippen LogP contribution in [0.3, 0.4) is 0 Å². The minimum absolute atomic E-state index is 0.127. The van der Waals surface area contributed by atoms with Crippen LogP contribution in [-0.4, -0.2) is 27.7 Å². The third-order valence-corrected chi connectivity index (χ3v) is 4.12. The molecule has 1 spiro atoms. The van der Waals surface area contributed by atoms with E-state index in [0.717, 1.165) is 24.5 Å². The average molecular weight is 187 g/mol. The van der Waals surface area contributed by atoms with Crippen molar-refractivity contribution in [2.45, 2.75) is 30.7 Å². The van der Waals surface area contributed by atoms with Crippen LogP contribution in [0.25, 0.3) is 0 Å². The fraction of sp³-hybridized carbons (Fsp3) is 0.875. The van der Waals surface area contributed by atoms with Gasteiger partial charge in [0.1, 0.15) is 6.04 Å². The molecule has 1 heterocycles. The Balaban J connectivity index is 1.95. The quantitative estimate of drug-likeness (QED) is 0.640. The Labute approximate surface area is 75.9 Å². The summed E-state index contributed by atoms with van der Waals surface area (Å²) in [4.78, 5) is 10.8. The molecule has 12 heavy (non-hydrogen) atoms. The highest BCUT2D eigenvalue weighted by molar-refractivity contribution is 8.01. The molecule has 1 atom stereocenters. The van der Waals surface area contributed by atoms with Crippen molar-refractivity contribution >= 4 is 17.7 Å². The number of thioether (sulfide) groups is 1. The number of carboxylic acid groups (broad SMARTS) is 1. The van der Waals surface area contributed by atoms with E-state index in [1.165, 1.54) is 0 Å². The molecular weight excluding hydrogens is 174 g/mol. The van der Waals surface area contributed by atoms with Crippen LogP contribution < -0.4 is 5.32 Å². The van der Waals surface area contributed by atoms with Gasteiger partial charge in [0.05, 0.1) is 4.87 Å². The van der Waals surface area contributed by atoms with Gasteiger partial charge in [-0.2, -0.15) is 0 Å². The topological polar surface area (TPSA) is 49.3 Å².